The lowest BCUT2D eigenvalue weighted by Gasteiger charge is -2.27. The standard InChI is InChI=1S/C19H30N6O7/c1-3-10(2)16(25-17(30)12(20)6-11-7-21-9-23-11)19(32)24-13(4-5-14(26)27)18(31)22-8-15(28)29/h7,9-10,12-13,16H,3-6,8,20H2,1-2H3,(H,21,23)(H,22,31)(H,24,32)(H,25,30)(H,26,27)(H,28,29). The molecule has 4 unspecified atom stereocenters. The van der Waals surface area contributed by atoms with Crippen LogP contribution in [-0.4, -0.2) is 74.5 Å². The summed E-state index contributed by atoms with van der Waals surface area (Å²) in [7, 11) is 0. The number of H-pyrrole nitrogens is 1. The van der Waals surface area contributed by atoms with Crippen molar-refractivity contribution < 1.29 is 34.2 Å². The molecule has 13 nitrogen and oxygen atoms in total. The molecule has 0 spiro atoms. The van der Waals surface area contributed by atoms with E-state index in [4.69, 9.17) is 15.9 Å². The van der Waals surface area contributed by atoms with E-state index in [1.54, 1.807) is 6.92 Å². The molecule has 0 aliphatic heterocycles. The fraction of sp³-hybridized carbons (Fsp3) is 0.579. The van der Waals surface area contributed by atoms with E-state index in [9.17, 15) is 24.0 Å². The molecular formula is C19H30N6O7. The smallest absolute Gasteiger partial charge is 0.322 e. The minimum atomic E-state index is -1.29. The summed E-state index contributed by atoms with van der Waals surface area (Å²) in [4.78, 5) is 66.0. The SMILES string of the molecule is CCC(C)C(NC(=O)C(N)Cc1cnc[nH]1)C(=O)NC(CCC(=O)O)C(=O)NCC(=O)O. The Labute approximate surface area is 184 Å². The highest BCUT2D eigenvalue weighted by molar-refractivity contribution is 5.94. The van der Waals surface area contributed by atoms with Gasteiger partial charge in [0.05, 0.1) is 12.4 Å². The molecule has 0 fully saturated rings. The molecule has 0 aliphatic carbocycles. The van der Waals surface area contributed by atoms with Gasteiger partial charge in [-0.15, -0.1) is 0 Å². The van der Waals surface area contributed by atoms with Crippen LogP contribution in [0.3, 0.4) is 0 Å². The maximum atomic E-state index is 12.9. The summed E-state index contributed by atoms with van der Waals surface area (Å²) < 4.78 is 0. The largest absolute Gasteiger partial charge is 0.481 e. The van der Waals surface area contributed by atoms with Crippen LogP contribution in [-0.2, 0) is 30.4 Å². The molecule has 0 bridgehead atoms. The lowest BCUT2D eigenvalue weighted by molar-refractivity contribution is -0.140. The Morgan fingerprint density at radius 3 is 2.31 bits per heavy atom. The van der Waals surface area contributed by atoms with Gasteiger partial charge in [0.15, 0.2) is 0 Å². The molecule has 1 aromatic rings. The van der Waals surface area contributed by atoms with Crippen molar-refractivity contribution in [3.63, 3.8) is 0 Å². The molecule has 0 aromatic carbocycles. The quantitative estimate of drug-likeness (QED) is 0.171. The predicted octanol–water partition coefficient (Wildman–Crippen LogP) is -1.64. The van der Waals surface area contributed by atoms with Crippen molar-refractivity contribution in [3.05, 3.63) is 18.2 Å². The van der Waals surface area contributed by atoms with Crippen LogP contribution in [0, 0.1) is 5.92 Å². The summed E-state index contributed by atoms with van der Waals surface area (Å²) in [6.45, 7) is 2.84. The number of carboxylic acids is 2. The number of aliphatic carboxylic acids is 2. The van der Waals surface area contributed by atoms with E-state index in [-0.39, 0.29) is 18.8 Å². The summed E-state index contributed by atoms with van der Waals surface area (Å²) in [6, 6.07) is -3.29. The fourth-order valence-electron chi connectivity index (χ4n) is 2.77. The number of hydrogen-bond acceptors (Lipinski definition) is 7. The lowest BCUT2D eigenvalue weighted by Crippen LogP contribution is -2.58. The van der Waals surface area contributed by atoms with E-state index in [1.807, 2.05) is 6.92 Å². The number of amides is 3. The second kappa shape index (κ2) is 13.0. The normalized spacial score (nSPS) is 14.5. The van der Waals surface area contributed by atoms with Crippen molar-refractivity contribution in [2.45, 2.75) is 57.7 Å². The van der Waals surface area contributed by atoms with Crippen molar-refractivity contribution >= 4 is 29.7 Å². The molecular weight excluding hydrogens is 424 g/mol. The summed E-state index contributed by atoms with van der Waals surface area (Å²) in [5.41, 5.74) is 6.56. The van der Waals surface area contributed by atoms with Gasteiger partial charge in [-0.25, -0.2) is 4.98 Å². The summed E-state index contributed by atoms with van der Waals surface area (Å²) >= 11 is 0. The molecule has 4 atom stereocenters. The van der Waals surface area contributed by atoms with Crippen LogP contribution in [0.25, 0.3) is 0 Å². The Hall–Kier alpha value is -3.48. The fourth-order valence-corrected chi connectivity index (χ4v) is 2.77. The molecule has 178 valence electrons. The minimum Gasteiger partial charge on any atom is -0.481 e. The van der Waals surface area contributed by atoms with Crippen molar-refractivity contribution in [1.82, 2.24) is 25.9 Å². The van der Waals surface area contributed by atoms with Gasteiger partial charge in [0, 0.05) is 24.7 Å². The average molecular weight is 454 g/mol. The third kappa shape index (κ3) is 9.12. The molecule has 0 aliphatic rings. The zero-order chi connectivity index (χ0) is 24.3. The monoisotopic (exact) mass is 454 g/mol. The highest BCUT2D eigenvalue weighted by Crippen LogP contribution is 2.10. The van der Waals surface area contributed by atoms with Crippen LogP contribution in [0.5, 0.6) is 0 Å². The topological polar surface area (TPSA) is 217 Å². The molecule has 32 heavy (non-hydrogen) atoms. The zero-order valence-electron chi connectivity index (χ0n) is 18.0. The molecule has 0 saturated carbocycles. The number of nitrogens with zero attached hydrogens (tertiary/aromatic N) is 1. The van der Waals surface area contributed by atoms with Crippen molar-refractivity contribution in [3.8, 4) is 0 Å². The van der Waals surface area contributed by atoms with E-state index in [0.717, 1.165) is 0 Å². The summed E-state index contributed by atoms with van der Waals surface area (Å²) in [5, 5.41) is 24.7. The third-order valence-electron chi connectivity index (χ3n) is 4.82. The molecule has 1 rings (SSSR count). The van der Waals surface area contributed by atoms with Crippen LogP contribution < -0.4 is 21.7 Å². The van der Waals surface area contributed by atoms with Gasteiger partial charge in [0.2, 0.25) is 17.7 Å². The Balaban J connectivity index is 2.88. The zero-order valence-corrected chi connectivity index (χ0v) is 18.0. The second-order valence-corrected chi connectivity index (χ2v) is 7.36. The van der Waals surface area contributed by atoms with Crippen LogP contribution in [0.15, 0.2) is 12.5 Å². The Kier molecular flexibility index (Phi) is 10.8. The molecule has 13 heteroatoms. The van der Waals surface area contributed by atoms with Crippen molar-refractivity contribution in [1.29, 1.82) is 0 Å². The van der Waals surface area contributed by atoms with Gasteiger partial charge in [0.1, 0.15) is 18.6 Å². The molecule has 3 amide bonds. The van der Waals surface area contributed by atoms with Gasteiger partial charge in [-0.1, -0.05) is 20.3 Å². The Morgan fingerprint density at radius 1 is 1.09 bits per heavy atom. The van der Waals surface area contributed by atoms with Crippen LogP contribution >= 0.6 is 0 Å². The predicted molar refractivity (Wildman–Crippen MR) is 111 cm³/mol. The third-order valence-corrected chi connectivity index (χ3v) is 4.82. The average Bonchev–Trinajstić information content (AvgIpc) is 3.24. The summed E-state index contributed by atoms with van der Waals surface area (Å²) in [5.74, 6) is -4.95. The van der Waals surface area contributed by atoms with Crippen molar-refractivity contribution in [2.75, 3.05) is 6.54 Å². The van der Waals surface area contributed by atoms with Gasteiger partial charge in [-0.2, -0.15) is 0 Å². The van der Waals surface area contributed by atoms with E-state index in [1.165, 1.54) is 12.5 Å². The Morgan fingerprint density at radius 2 is 1.78 bits per heavy atom. The second-order valence-electron chi connectivity index (χ2n) is 7.36. The maximum Gasteiger partial charge on any atom is 0.322 e. The summed E-state index contributed by atoms with van der Waals surface area (Å²) in [6.07, 6.45) is 2.96. The highest BCUT2D eigenvalue weighted by Gasteiger charge is 2.31. The number of imidazole rings is 1. The van der Waals surface area contributed by atoms with Gasteiger partial charge in [0.25, 0.3) is 0 Å². The molecule has 0 radical (unpaired) electrons. The number of aromatic amines is 1. The van der Waals surface area contributed by atoms with Gasteiger partial charge in [-0.05, 0) is 12.3 Å². The number of hydrogen-bond donors (Lipinski definition) is 7. The maximum absolute atomic E-state index is 12.9. The van der Waals surface area contributed by atoms with Crippen LogP contribution in [0.2, 0.25) is 0 Å². The number of nitrogens with two attached hydrogens (primary N) is 1. The number of carboxylic acid groups (broad SMARTS) is 2. The van der Waals surface area contributed by atoms with E-state index in [0.29, 0.717) is 12.1 Å². The van der Waals surface area contributed by atoms with Crippen LogP contribution in [0.4, 0.5) is 0 Å². The van der Waals surface area contributed by atoms with Crippen molar-refractivity contribution in [2.24, 2.45) is 11.7 Å². The Bertz CT molecular complexity index is 798. The van der Waals surface area contributed by atoms with Gasteiger partial charge in [-0.3, -0.25) is 24.0 Å². The first-order valence-electron chi connectivity index (χ1n) is 10.1. The number of rotatable bonds is 14. The molecule has 1 aromatic heterocycles. The minimum absolute atomic E-state index is 0.166. The number of carbonyl (C=O) groups is 5. The van der Waals surface area contributed by atoms with Crippen LogP contribution in [0.1, 0.15) is 38.8 Å². The number of aromatic nitrogens is 2. The first-order valence-corrected chi connectivity index (χ1v) is 10.1. The first-order chi connectivity index (χ1) is 15.0. The lowest BCUT2D eigenvalue weighted by atomic mass is 9.97. The van der Waals surface area contributed by atoms with E-state index < -0.39 is 60.8 Å². The molecule has 1 heterocycles. The first kappa shape index (κ1) is 26.6. The van der Waals surface area contributed by atoms with E-state index >= 15 is 0 Å². The highest BCUT2D eigenvalue weighted by atomic mass is 16.4. The van der Waals surface area contributed by atoms with Gasteiger partial charge >= 0.3 is 11.9 Å². The molecule has 0 saturated heterocycles. The number of carbonyl (C=O) groups excluding carboxylic acids is 3. The van der Waals surface area contributed by atoms with E-state index in [2.05, 4.69) is 25.9 Å². The molecule has 8 N–H and O–H groups in total. The number of nitrogens with one attached hydrogen (secondary N) is 4. The van der Waals surface area contributed by atoms with Gasteiger partial charge < -0.3 is 36.9 Å².